The molecule has 0 saturated heterocycles. The van der Waals surface area contributed by atoms with Crippen LogP contribution in [0.4, 0.5) is 0 Å². The fraction of sp³-hybridized carbons (Fsp3) is 1.00. The number of hydrogen-bond acceptors (Lipinski definition) is 1. The van der Waals surface area contributed by atoms with Crippen molar-refractivity contribution in [1.29, 1.82) is 0 Å². The molecular formula is C10H18O. The average Bonchev–Trinajstić information content (AvgIpc) is 2.56. The third-order valence-corrected chi connectivity index (χ3v) is 4.49. The highest BCUT2D eigenvalue weighted by molar-refractivity contribution is 5.01. The lowest BCUT2D eigenvalue weighted by molar-refractivity contribution is 0.0370. The van der Waals surface area contributed by atoms with Crippen LogP contribution < -0.4 is 0 Å². The molecule has 0 aromatic rings. The lowest BCUT2D eigenvalue weighted by Crippen LogP contribution is -2.35. The van der Waals surface area contributed by atoms with Gasteiger partial charge in [-0.1, -0.05) is 13.8 Å². The third kappa shape index (κ3) is 0.807. The van der Waals surface area contributed by atoms with Crippen molar-refractivity contribution in [1.82, 2.24) is 0 Å². The zero-order valence-corrected chi connectivity index (χ0v) is 7.51. The molecule has 0 amide bonds. The number of rotatable bonds is 1. The van der Waals surface area contributed by atoms with E-state index < -0.39 is 0 Å². The van der Waals surface area contributed by atoms with Gasteiger partial charge in [-0.25, -0.2) is 0 Å². The van der Waals surface area contributed by atoms with E-state index in [-0.39, 0.29) is 5.41 Å². The van der Waals surface area contributed by atoms with Crippen LogP contribution in [-0.2, 0) is 0 Å². The van der Waals surface area contributed by atoms with Gasteiger partial charge in [0.25, 0.3) is 0 Å². The zero-order chi connectivity index (χ0) is 8.06. The standard InChI is InChI=1S/C10H18O/c1-7-8-3-4-9(5-8)10(7,2)6-11/h7-9,11H,3-6H2,1-2H3/t7-,8+,9-,10+/m0/s1. The predicted molar refractivity (Wildman–Crippen MR) is 45.2 cm³/mol. The lowest BCUT2D eigenvalue weighted by Gasteiger charge is -2.37. The topological polar surface area (TPSA) is 20.2 Å². The molecule has 4 atom stereocenters. The minimum atomic E-state index is 0.267. The molecule has 2 fully saturated rings. The highest BCUT2D eigenvalue weighted by Gasteiger charge is 2.52. The molecule has 64 valence electrons. The number of aliphatic hydroxyl groups excluding tert-OH is 1. The SMILES string of the molecule is C[C@H]1[C@@H]2CC[C@@H](C2)[C@]1(C)CO. The normalized spacial score (nSPS) is 55.4. The third-order valence-electron chi connectivity index (χ3n) is 4.49. The molecule has 2 aliphatic rings. The molecule has 2 aliphatic carbocycles. The summed E-state index contributed by atoms with van der Waals surface area (Å²) in [4.78, 5) is 0. The van der Waals surface area contributed by atoms with Crippen LogP contribution in [0.3, 0.4) is 0 Å². The van der Waals surface area contributed by atoms with Crippen molar-refractivity contribution in [3.05, 3.63) is 0 Å². The van der Waals surface area contributed by atoms with Crippen molar-refractivity contribution in [3.8, 4) is 0 Å². The molecule has 0 radical (unpaired) electrons. The first-order chi connectivity index (χ1) is 5.18. The molecule has 0 spiro atoms. The van der Waals surface area contributed by atoms with E-state index in [4.69, 9.17) is 0 Å². The fourth-order valence-corrected chi connectivity index (χ4v) is 3.25. The minimum absolute atomic E-state index is 0.267. The van der Waals surface area contributed by atoms with Crippen LogP contribution in [0.2, 0.25) is 0 Å². The van der Waals surface area contributed by atoms with Gasteiger partial charge in [0.15, 0.2) is 0 Å². The smallest absolute Gasteiger partial charge is 0.0490 e. The number of hydrogen-bond donors (Lipinski definition) is 1. The molecular weight excluding hydrogens is 136 g/mol. The Hall–Kier alpha value is -0.0400. The van der Waals surface area contributed by atoms with Crippen molar-refractivity contribution >= 4 is 0 Å². The second-order valence-electron chi connectivity index (χ2n) is 4.72. The monoisotopic (exact) mass is 154 g/mol. The second kappa shape index (κ2) is 2.22. The molecule has 0 aromatic carbocycles. The van der Waals surface area contributed by atoms with Gasteiger partial charge in [-0.05, 0) is 42.4 Å². The maximum Gasteiger partial charge on any atom is 0.0490 e. The van der Waals surface area contributed by atoms with Crippen LogP contribution >= 0.6 is 0 Å². The van der Waals surface area contributed by atoms with Gasteiger partial charge in [0, 0.05) is 6.61 Å². The first-order valence-corrected chi connectivity index (χ1v) is 4.79. The van der Waals surface area contributed by atoms with Crippen LogP contribution in [-0.4, -0.2) is 11.7 Å². The van der Waals surface area contributed by atoms with Gasteiger partial charge in [0.2, 0.25) is 0 Å². The van der Waals surface area contributed by atoms with Crippen LogP contribution in [0.1, 0.15) is 33.1 Å². The number of fused-ring (bicyclic) bond motifs is 2. The first kappa shape index (κ1) is 7.60. The van der Waals surface area contributed by atoms with E-state index in [2.05, 4.69) is 13.8 Å². The Bertz CT molecular complexity index is 162. The van der Waals surface area contributed by atoms with Crippen LogP contribution in [0.25, 0.3) is 0 Å². The van der Waals surface area contributed by atoms with Gasteiger partial charge in [0.05, 0.1) is 0 Å². The molecule has 1 nitrogen and oxygen atoms in total. The molecule has 2 rings (SSSR count). The van der Waals surface area contributed by atoms with Crippen LogP contribution in [0, 0.1) is 23.2 Å². The fourth-order valence-electron chi connectivity index (χ4n) is 3.25. The number of aliphatic hydroxyl groups is 1. The molecule has 1 N–H and O–H groups in total. The Balaban J connectivity index is 2.23. The molecule has 0 aliphatic heterocycles. The van der Waals surface area contributed by atoms with Crippen LogP contribution in [0.5, 0.6) is 0 Å². The van der Waals surface area contributed by atoms with Gasteiger partial charge < -0.3 is 5.11 Å². The van der Waals surface area contributed by atoms with Gasteiger partial charge in [0.1, 0.15) is 0 Å². The zero-order valence-electron chi connectivity index (χ0n) is 7.51. The van der Waals surface area contributed by atoms with E-state index in [9.17, 15) is 5.11 Å². The predicted octanol–water partition coefficient (Wildman–Crippen LogP) is 2.05. The van der Waals surface area contributed by atoms with E-state index >= 15 is 0 Å². The summed E-state index contributed by atoms with van der Waals surface area (Å²) in [6.45, 7) is 4.98. The maximum absolute atomic E-state index is 9.32. The summed E-state index contributed by atoms with van der Waals surface area (Å²) in [5.41, 5.74) is 0.267. The second-order valence-corrected chi connectivity index (χ2v) is 4.72. The molecule has 0 heterocycles. The minimum Gasteiger partial charge on any atom is -0.396 e. The summed E-state index contributed by atoms with van der Waals surface area (Å²) < 4.78 is 0. The summed E-state index contributed by atoms with van der Waals surface area (Å²) in [7, 11) is 0. The lowest BCUT2D eigenvalue weighted by atomic mass is 9.69. The van der Waals surface area contributed by atoms with Gasteiger partial charge >= 0.3 is 0 Å². The average molecular weight is 154 g/mol. The van der Waals surface area contributed by atoms with Crippen molar-refractivity contribution < 1.29 is 5.11 Å². The quantitative estimate of drug-likeness (QED) is 0.613. The van der Waals surface area contributed by atoms with Crippen molar-refractivity contribution in [2.24, 2.45) is 23.2 Å². The van der Waals surface area contributed by atoms with E-state index in [1.165, 1.54) is 19.3 Å². The largest absolute Gasteiger partial charge is 0.396 e. The summed E-state index contributed by atoms with van der Waals surface area (Å²) in [5.74, 6) is 2.51. The summed E-state index contributed by atoms with van der Waals surface area (Å²) in [5, 5.41) is 9.32. The Kier molecular flexibility index (Phi) is 1.54. The molecule has 0 unspecified atom stereocenters. The van der Waals surface area contributed by atoms with Crippen molar-refractivity contribution in [2.75, 3.05) is 6.61 Å². The Labute approximate surface area is 68.8 Å². The van der Waals surface area contributed by atoms with Crippen molar-refractivity contribution in [3.63, 3.8) is 0 Å². The molecule has 1 heteroatoms. The Morgan fingerprint density at radius 2 is 2.18 bits per heavy atom. The molecule has 11 heavy (non-hydrogen) atoms. The molecule has 2 bridgehead atoms. The van der Waals surface area contributed by atoms with E-state index in [1.807, 2.05) is 0 Å². The van der Waals surface area contributed by atoms with Crippen molar-refractivity contribution in [2.45, 2.75) is 33.1 Å². The van der Waals surface area contributed by atoms with Gasteiger partial charge in [-0.2, -0.15) is 0 Å². The van der Waals surface area contributed by atoms with E-state index in [0.717, 1.165) is 17.8 Å². The highest BCUT2D eigenvalue weighted by atomic mass is 16.3. The summed E-state index contributed by atoms with van der Waals surface area (Å²) >= 11 is 0. The molecule has 2 saturated carbocycles. The van der Waals surface area contributed by atoms with Gasteiger partial charge in [-0.15, -0.1) is 0 Å². The van der Waals surface area contributed by atoms with Crippen LogP contribution in [0.15, 0.2) is 0 Å². The molecule has 0 aromatic heterocycles. The van der Waals surface area contributed by atoms with E-state index in [1.54, 1.807) is 0 Å². The summed E-state index contributed by atoms with van der Waals surface area (Å²) in [6.07, 6.45) is 4.17. The highest BCUT2D eigenvalue weighted by Crippen LogP contribution is 2.58. The summed E-state index contributed by atoms with van der Waals surface area (Å²) in [6, 6.07) is 0. The van der Waals surface area contributed by atoms with Gasteiger partial charge in [-0.3, -0.25) is 0 Å². The Morgan fingerprint density at radius 3 is 2.55 bits per heavy atom. The van der Waals surface area contributed by atoms with E-state index in [0.29, 0.717) is 6.61 Å². The first-order valence-electron chi connectivity index (χ1n) is 4.79. The Morgan fingerprint density at radius 1 is 1.45 bits per heavy atom. The maximum atomic E-state index is 9.32.